The zero-order valence-electron chi connectivity index (χ0n) is 7.96. The molecule has 2 heterocycles. The molecular formula is C10H14FN3. The van der Waals surface area contributed by atoms with Crippen molar-refractivity contribution in [2.45, 2.75) is 18.9 Å². The number of hydrogen-bond acceptors (Lipinski definition) is 3. The minimum Gasteiger partial charge on any atom is -0.365 e. The van der Waals surface area contributed by atoms with Crippen LogP contribution in [0.5, 0.6) is 0 Å². The first-order valence-electron chi connectivity index (χ1n) is 4.94. The average molecular weight is 195 g/mol. The summed E-state index contributed by atoms with van der Waals surface area (Å²) in [7, 11) is 0. The lowest BCUT2D eigenvalue weighted by Crippen LogP contribution is -2.35. The molecule has 0 atom stereocenters. The summed E-state index contributed by atoms with van der Waals surface area (Å²) in [6.45, 7) is 1.98. The van der Waals surface area contributed by atoms with E-state index in [0.717, 1.165) is 25.9 Å². The van der Waals surface area contributed by atoms with Crippen LogP contribution in [0.3, 0.4) is 0 Å². The van der Waals surface area contributed by atoms with Crippen molar-refractivity contribution in [1.29, 1.82) is 0 Å². The summed E-state index contributed by atoms with van der Waals surface area (Å²) in [5, 5.41) is 6.38. The Bertz CT molecular complexity index is 297. The monoisotopic (exact) mass is 195 g/mol. The fourth-order valence-corrected chi connectivity index (χ4v) is 1.65. The third-order valence-corrected chi connectivity index (χ3v) is 2.44. The highest BCUT2D eigenvalue weighted by atomic mass is 19.1. The number of aromatic nitrogens is 1. The molecule has 14 heavy (non-hydrogen) atoms. The SMILES string of the molecule is Fc1cccnc1NC1CCNCC1. The quantitative estimate of drug-likeness (QED) is 0.748. The van der Waals surface area contributed by atoms with E-state index >= 15 is 0 Å². The van der Waals surface area contributed by atoms with Crippen LogP contribution in [0.25, 0.3) is 0 Å². The Morgan fingerprint density at radius 1 is 1.43 bits per heavy atom. The van der Waals surface area contributed by atoms with Crippen molar-refractivity contribution in [3.8, 4) is 0 Å². The fourth-order valence-electron chi connectivity index (χ4n) is 1.65. The highest BCUT2D eigenvalue weighted by molar-refractivity contribution is 5.36. The number of hydrogen-bond donors (Lipinski definition) is 2. The maximum Gasteiger partial charge on any atom is 0.165 e. The van der Waals surface area contributed by atoms with E-state index in [1.807, 2.05) is 0 Å². The van der Waals surface area contributed by atoms with E-state index in [4.69, 9.17) is 0 Å². The third kappa shape index (κ3) is 2.20. The molecule has 1 aromatic rings. The highest BCUT2D eigenvalue weighted by Crippen LogP contribution is 2.13. The Kier molecular flexibility index (Phi) is 2.93. The number of nitrogens with zero attached hydrogens (tertiary/aromatic N) is 1. The topological polar surface area (TPSA) is 37.0 Å². The number of nitrogens with one attached hydrogen (secondary N) is 2. The number of rotatable bonds is 2. The Morgan fingerprint density at radius 3 is 2.93 bits per heavy atom. The van der Waals surface area contributed by atoms with E-state index < -0.39 is 0 Å². The van der Waals surface area contributed by atoms with Crippen LogP contribution < -0.4 is 10.6 Å². The molecule has 1 fully saturated rings. The first-order chi connectivity index (χ1) is 6.86. The summed E-state index contributed by atoms with van der Waals surface area (Å²) in [6.07, 6.45) is 3.65. The number of anilines is 1. The molecule has 0 radical (unpaired) electrons. The van der Waals surface area contributed by atoms with Gasteiger partial charge in [0.05, 0.1) is 0 Å². The summed E-state index contributed by atoms with van der Waals surface area (Å²) in [6, 6.07) is 3.37. The van der Waals surface area contributed by atoms with Crippen LogP contribution in [0.15, 0.2) is 18.3 Å². The number of pyridine rings is 1. The Hall–Kier alpha value is -1.16. The molecule has 0 aliphatic carbocycles. The van der Waals surface area contributed by atoms with Gasteiger partial charge in [0.2, 0.25) is 0 Å². The maximum absolute atomic E-state index is 13.2. The standard InChI is InChI=1S/C10H14FN3/c11-9-2-1-5-13-10(9)14-8-3-6-12-7-4-8/h1-2,5,8,12H,3-4,6-7H2,(H,13,14). The first kappa shape index (κ1) is 9.40. The third-order valence-electron chi connectivity index (χ3n) is 2.44. The molecule has 0 saturated carbocycles. The van der Waals surface area contributed by atoms with Gasteiger partial charge in [0.1, 0.15) is 0 Å². The smallest absolute Gasteiger partial charge is 0.165 e. The lowest BCUT2D eigenvalue weighted by Gasteiger charge is -2.24. The van der Waals surface area contributed by atoms with Crippen LogP contribution >= 0.6 is 0 Å². The van der Waals surface area contributed by atoms with E-state index in [9.17, 15) is 4.39 Å². The van der Waals surface area contributed by atoms with E-state index in [0.29, 0.717) is 11.9 Å². The molecule has 0 aromatic carbocycles. The Labute approximate surface area is 82.7 Å². The summed E-state index contributed by atoms with van der Waals surface area (Å²) in [5.74, 6) is 0.102. The fraction of sp³-hybridized carbons (Fsp3) is 0.500. The van der Waals surface area contributed by atoms with Gasteiger partial charge in [-0.2, -0.15) is 0 Å². The molecule has 1 aliphatic rings. The predicted molar refractivity (Wildman–Crippen MR) is 53.7 cm³/mol. The van der Waals surface area contributed by atoms with Gasteiger partial charge in [0, 0.05) is 12.2 Å². The molecule has 0 bridgehead atoms. The zero-order valence-corrected chi connectivity index (χ0v) is 7.96. The van der Waals surface area contributed by atoms with Crippen molar-refractivity contribution in [3.05, 3.63) is 24.1 Å². The molecule has 0 unspecified atom stereocenters. The second kappa shape index (κ2) is 4.37. The van der Waals surface area contributed by atoms with E-state index in [1.54, 1.807) is 12.3 Å². The summed E-state index contributed by atoms with van der Waals surface area (Å²) >= 11 is 0. The molecule has 0 spiro atoms. The zero-order chi connectivity index (χ0) is 9.80. The molecule has 4 heteroatoms. The number of halogens is 1. The van der Waals surface area contributed by atoms with E-state index in [2.05, 4.69) is 15.6 Å². The largest absolute Gasteiger partial charge is 0.365 e. The van der Waals surface area contributed by atoms with E-state index in [1.165, 1.54) is 6.07 Å². The minimum atomic E-state index is -0.272. The molecule has 0 amide bonds. The lowest BCUT2D eigenvalue weighted by atomic mass is 10.1. The van der Waals surface area contributed by atoms with Gasteiger partial charge in [-0.1, -0.05) is 0 Å². The van der Waals surface area contributed by atoms with Crippen molar-refractivity contribution in [2.75, 3.05) is 18.4 Å². The van der Waals surface area contributed by atoms with Gasteiger partial charge in [0.15, 0.2) is 11.6 Å². The van der Waals surface area contributed by atoms with E-state index in [-0.39, 0.29) is 5.82 Å². The van der Waals surface area contributed by atoms with Gasteiger partial charge in [0.25, 0.3) is 0 Å². The summed E-state index contributed by atoms with van der Waals surface area (Å²) < 4.78 is 13.2. The van der Waals surface area contributed by atoms with Crippen molar-refractivity contribution in [2.24, 2.45) is 0 Å². The molecule has 76 valence electrons. The summed E-state index contributed by atoms with van der Waals surface area (Å²) in [5.41, 5.74) is 0. The summed E-state index contributed by atoms with van der Waals surface area (Å²) in [4.78, 5) is 3.97. The minimum absolute atomic E-state index is 0.272. The normalized spacial score (nSPS) is 18.1. The van der Waals surface area contributed by atoms with Crippen molar-refractivity contribution in [1.82, 2.24) is 10.3 Å². The molecule has 1 saturated heterocycles. The van der Waals surface area contributed by atoms with Gasteiger partial charge < -0.3 is 10.6 Å². The second-order valence-corrected chi connectivity index (χ2v) is 3.50. The van der Waals surface area contributed by atoms with Gasteiger partial charge in [-0.25, -0.2) is 9.37 Å². The average Bonchev–Trinajstić information content (AvgIpc) is 2.23. The van der Waals surface area contributed by atoms with Gasteiger partial charge in [-0.15, -0.1) is 0 Å². The van der Waals surface area contributed by atoms with Gasteiger partial charge in [-0.3, -0.25) is 0 Å². The molecule has 1 aromatic heterocycles. The highest BCUT2D eigenvalue weighted by Gasteiger charge is 2.14. The Morgan fingerprint density at radius 2 is 2.21 bits per heavy atom. The molecule has 2 rings (SSSR count). The van der Waals surface area contributed by atoms with Crippen LogP contribution in [0.1, 0.15) is 12.8 Å². The van der Waals surface area contributed by atoms with Crippen molar-refractivity contribution < 1.29 is 4.39 Å². The molecular weight excluding hydrogens is 181 g/mol. The van der Waals surface area contributed by atoms with Crippen LogP contribution in [0, 0.1) is 5.82 Å². The van der Waals surface area contributed by atoms with Crippen LogP contribution in [0.4, 0.5) is 10.2 Å². The Balaban J connectivity index is 1.99. The van der Waals surface area contributed by atoms with Gasteiger partial charge >= 0.3 is 0 Å². The van der Waals surface area contributed by atoms with Crippen molar-refractivity contribution in [3.63, 3.8) is 0 Å². The predicted octanol–water partition coefficient (Wildman–Crippen LogP) is 1.38. The lowest BCUT2D eigenvalue weighted by molar-refractivity contribution is 0.475. The van der Waals surface area contributed by atoms with Crippen LogP contribution in [-0.4, -0.2) is 24.1 Å². The molecule has 2 N–H and O–H groups in total. The van der Waals surface area contributed by atoms with Gasteiger partial charge in [-0.05, 0) is 38.1 Å². The first-order valence-corrected chi connectivity index (χ1v) is 4.94. The maximum atomic E-state index is 13.2. The van der Waals surface area contributed by atoms with Crippen LogP contribution in [-0.2, 0) is 0 Å². The van der Waals surface area contributed by atoms with Crippen LogP contribution in [0.2, 0.25) is 0 Å². The molecule has 1 aliphatic heterocycles. The second-order valence-electron chi connectivity index (χ2n) is 3.50. The van der Waals surface area contributed by atoms with Crippen molar-refractivity contribution >= 4 is 5.82 Å². The number of piperidine rings is 1. The molecule has 3 nitrogen and oxygen atoms in total.